The lowest BCUT2D eigenvalue weighted by Gasteiger charge is -2.09. The number of carbonyl (C=O) groups excluding carboxylic acids is 1. The van der Waals surface area contributed by atoms with E-state index in [1.54, 1.807) is 6.92 Å². The van der Waals surface area contributed by atoms with Crippen LogP contribution in [0, 0.1) is 0 Å². The second-order valence-electron chi connectivity index (χ2n) is 4.46. The Morgan fingerprint density at radius 2 is 1.84 bits per heavy atom. The van der Waals surface area contributed by atoms with Crippen LogP contribution in [0.5, 0.6) is 0 Å². The molecular weight excluding hydrogens is 244 g/mol. The van der Waals surface area contributed by atoms with Crippen molar-refractivity contribution in [1.29, 1.82) is 0 Å². The third-order valence-corrected chi connectivity index (χ3v) is 2.85. The Balaban J connectivity index is 2.36. The first kappa shape index (κ1) is 15.2. The van der Waals surface area contributed by atoms with Gasteiger partial charge in [0, 0.05) is 26.6 Å². The van der Waals surface area contributed by atoms with Crippen LogP contribution in [0.25, 0.3) is 0 Å². The Hall–Kier alpha value is -1.88. The van der Waals surface area contributed by atoms with Crippen molar-refractivity contribution >= 4 is 11.9 Å². The van der Waals surface area contributed by atoms with E-state index in [1.165, 1.54) is 6.92 Å². The van der Waals surface area contributed by atoms with Gasteiger partial charge in [-0.2, -0.15) is 0 Å². The highest BCUT2D eigenvalue weighted by Gasteiger charge is 2.12. The lowest BCUT2D eigenvalue weighted by molar-refractivity contribution is -0.138. The number of carboxylic acids is 1. The number of nitrogens with one attached hydrogen (secondary N) is 2. The lowest BCUT2D eigenvalue weighted by atomic mass is 10.0. The molecule has 0 aliphatic carbocycles. The van der Waals surface area contributed by atoms with Crippen molar-refractivity contribution in [2.45, 2.75) is 26.3 Å². The summed E-state index contributed by atoms with van der Waals surface area (Å²) in [6, 6.07) is 7.51. The van der Waals surface area contributed by atoms with Crippen molar-refractivity contribution in [2.24, 2.45) is 0 Å². The highest BCUT2D eigenvalue weighted by molar-refractivity contribution is 5.75. The standard InChI is InChI=1S/C14H20N2O3/c1-10(14(18)19)13-5-3-12(4-6-13)9-15-7-8-16-11(2)17/h3-6,10,15H,7-9H2,1-2H3,(H,16,17)(H,18,19). The van der Waals surface area contributed by atoms with Crippen LogP contribution in [-0.2, 0) is 16.1 Å². The molecule has 1 aromatic rings. The lowest BCUT2D eigenvalue weighted by Crippen LogP contribution is -2.29. The zero-order valence-corrected chi connectivity index (χ0v) is 11.3. The molecule has 1 rings (SSSR count). The van der Waals surface area contributed by atoms with E-state index in [0.717, 1.165) is 11.1 Å². The highest BCUT2D eigenvalue weighted by Crippen LogP contribution is 2.15. The van der Waals surface area contributed by atoms with Gasteiger partial charge in [0.05, 0.1) is 5.92 Å². The molecule has 0 saturated carbocycles. The quantitative estimate of drug-likeness (QED) is 0.644. The molecule has 1 atom stereocenters. The average Bonchev–Trinajstić information content (AvgIpc) is 2.37. The topological polar surface area (TPSA) is 78.4 Å². The van der Waals surface area contributed by atoms with Gasteiger partial charge in [0.15, 0.2) is 0 Å². The molecule has 1 amide bonds. The van der Waals surface area contributed by atoms with Gasteiger partial charge >= 0.3 is 5.97 Å². The highest BCUT2D eigenvalue weighted by atomic mass is 16.4. The van der Waals surface area contributed by atoms with E-state index >= 15 is 0 Å². The first-order chi connectivity index (χ1) is 9.00. The first-order valence-corrected chi connectivity index (χ1v) is 6.27. The van der Waals surface area contributed by atoms with Gasteiger partial charge in [-0.3, -0.25) is 9.59 Å². The van der Waals surface area contributed by atoms with Crippen molar-refractivity contribution in [2.75, 3.05) is 13.1 Å². The van der Waals surface area contributed by atoms with Gasteiger partial charge in [0.25, 0.3) is 0 Å². The van der Waals surface area contributed by atoms with E-state index in [-0.39, 0.29) is 5.91 Å². The molecule has 5 heteroatoms. The van der Waals surface area contributed by atoms with Crippen molar-refractivity contribution in [3.05, 3.63) is 35.4 Å². The summed E-state index contributed by atoms with van der Waals surface area (Å²) in [4.78, 5) is 21.5. The Morgan fingerprint density at radius 3 is 2.37 bits per heavy atom. The second kappa shape index (κ2) is 7.53. The molecule has 0 aliphatic rings. The minimum Gasteiger partial charge on any atom is -0.481 e. The number of hydrogen-bond acceptors (Lipinski definition) is 3. The number of benzene rings is 1. The van der Waals surface area contributed by atoms with Crippen LogP contribution in [0.3, 0.4) is 0 Å². The number of amides is 1. The van der Waals surface area contributed by atoms with Crippen LogP contribution in [0.2, 0.25) is 0 Å². The van der Waals surface area contributed by atoms with E-state index in [2.05, 4.69) is 10.6 Å². The van der Waals surface area contributed by atoms with Crippen molar-refractivity contribution in [1.82, 2.24) is 10.6 Å². The number of carbonyl (C=O) groups is 2. The maximum Gasteiger partial charge on any atom is 0.310 e. The summed E-state index contributed by atoms with van der Waals surface area (Å²) in [5, 5.41) is 14.8. The largest absolute Gasteiger partial charge is 0.481 e. The van der Waals surface area contributed by atoms with Gasteiger partial charge in [0.1, 0.15) is 0 Å². The third-order valence-electron chi connectivity index (χ3n) is 2.85. The molecule has 104 valence electrons. The van der Waals surface area contributed by atoms with E-state index in [9.17, 15) is 9.59 Å². The minimum atomic E-state index is -0.818. The third kappa shape index (κ3) is 5.52. The summed E-state index contributed by atoms with van der Waals surface area (Å²) in [6.45, 7) is 5.16. The number of rotatable bonds is 7. The van der Waals surface area contributed by atoms with Gasteiger partial charge in [-0.15, -0.1) is 0 Å². The van der Waals surface area contributed by atoms with E-state index in [0.29, 0.717) is 19.6 Å². The Kier molecular flexibility index (Phi) is 6.02. The second-order valence-corrected chi connectivity index (χ2v) is 4.46. The van der Waals surface area contributed by atoms with E-state index in [4.69, 9.17) is 5.11 Å². The first-order valence-electron chi connectivity index (χ1n) is 6.27. The molecular formula is C14H20N2O3. The Labute approximate surface area is 113 Å². The maximum absolute atomic E-state index is 10.8. The van der Waals surface area contributed by atoms with Gasteiger partial charge in [-0.1, -0.05) is 24.3 Å². The average molecular weight is 264 g/mol. The summed E-state index contributed by atoms with van der Waals surface area (Å²) in [6.07, 6.45) is 0. The number of carboxylic acid groups (broad SMARTS) is 1. The summed E-state index contributed by atoms with van der Waals surface area (Å²) < 4.78 is 0. The molecule has 1 unspecified atom stereocenters. The summed E-state index contributed by atoms with van der Waals surface area (Å²) >= 11 is 0. The van der Waals surface area contributed by atoms with Crippen molar-refractivity contribution in [3.63, 3.8) is 0 Å². The number of hydrogen-bond donors (Lipinski definition) is 3. The summed E-state index contributed by atoms with van der Waals surface area (Å²) in [7, 11) is 0. The Morgan fingerprint density at radius 1 is 1.21 bits per heavy atom. The van der Waals surface area contributed by atoms with E-state index < -0.39 is 11.9 Å². The number of aliphatic carboxylic acids is 1. The molecule has 0 aliphatic heterocycles. The summed E-state index contributed by atoms with van der Waals surface area (Å²) in [5.74, 6) is -1.34. The SMILES string of the molecule is CC(=O)NCCNCc1ccc(C(C)C(=O)O)cc1. The van der Waals surface area contributed by atoms with E-state index in [1.807, 2.05) is 24.3 Å². The zero-order chi connectivity index (χ0) is 14.3. The normalized spacial score (nSPS) is 11.9. The monoisotopic (exact) mass is 264 g/mol. The van der Waals surface area contributed by atoms with Crippen molar-refractivity contribution in [3.8, 4) is 0 Å². The van der Waals surface area contributed by atoms with Gasteiger partial charge in [-0.25, -0.2) is 0 Å². The molecule has 0 fully saturated rings. The van der Waals surface area contributed by atoms with Gasteiger partial charge in [0.2, 0.25) is 5.91 Å². The Bertz CT molecular complexity index is 429. The van der Waals surface area contributed by atoms with Crippen LogP contribution >= 0.6 is 0 Å². The molecule has 0 heterocycles. The van der Waals surface area contributed by atoms with Gasteiger partial charge in [-0.05, 0) is 18.1 Å². The molecule has 1 aromatic carbocycles. The summed E-state index contributed by atoms with van der Waals surface area (Å²) in [5.41, 5.74) is 1.89. The molecule has 0 radical (unpaired) electrons. The molecule has 0 saturated heterocycles. The van der Waals surface area contributed by atoms with Crippen LogP contribution < -0.4 is 10.6 Å². The van der Waals surface area contributed by atoms with Crippen molar-refractivity contribution < 1.29 is 14.7 Å². The molecule has 0 bridgehead atoms. The fourth-order valence-corrected chi connectivity index (χ4v) is 1.63. The molecule has 3 N–H and O–H groups in total. The predicted molar refractivity (Wildman–Crippen MR) is 72.9 cm³/mol. The van der Waals surface area contributed by atoms with Gasteiger partial charge < -0.3 is 15.7 Å². The maximum atomic E-state index is 10.8. The molecule has 0 aromatic heterocycles. The smallest absolute Gasteiger partial charge is 0.310 e. The minimum absolute atomic E-state index is 0.0335. The molecule has 19 heavy (non-hydrogen) atoms. The predicted octanol–water partition coefficient (Wildman–Crippen LogP) is 1.10. The van der Waals surface area contributed by atoms with Crippen LogP contribution in [0.15, 0.2) is 24.3 Å². The van der Waals surface area contributed by atoms with Crippen LogP contribution in [0.1, 0.15) is 30.9 Å². The zero-order valence-electron chi connectivity index (χ0n) is 11.3. The van der Waals surface area contributed by atoms with Crippen LogP contribution in [0.4, 0.5) is 0 Å². The fourth-order valence-electron chi connectivity index (χ4n) is 1.63. The molecule has 0 spiro atoms. The van der Waals surface area contributed by atoms with Crippen LogP contribution in [-0.4, -0.2) is 30.1 Å². The fraction of sp³-hybridized carbons (Fsp3) is 0.429. The molecule has 5 nitrogen and oxygen atoms in total.